The summed E-state index contributed by atoms with van der Waals surface area (Å²) >= 11 is 1.39. The lowest BCUT2D eigenvalue weighted by atomic mass is 9.81. The highest BCUT2D eigenvalue weighted by Crippen LogP contribution is 2.44. The maximum Gasteiger partial charge on any atom is 0.225 e. The van der Waals surface area contributed by atoms with Crippen molar-refractivity contribution in [1.29, 1.82) is 5.26 Å². The van der Waals surface area contributed by atoms with Gasteiger partial charge in [-0.25, -0.2) is 12.8 Å². The summed E-state index contributed by atoms with van der Waals surface area (Å²) in [5.74, 6) is -1.06. The van der Waals surface area contributed by atoms with Crippen LogP contribution in [0, 0.1) is 17.1 Å². The van der Waals surface area contributed by atoms with Gasteiger partial charge in [-0.15, -0.1) is 11.3 Å². The largest absolute Gasteiger partial charge is 0.317 e. The van der Waals surface area contributed by atoms with E-state index in [1.807, 2.05) is 0 Å². The van der Waals surface area contributed by atoms with E-state index < -0.39 is 15.7 Å². The fourth-order valence-electron chi connectivity index (χ4n) is 4.11. The van der Waals surface area contributed by atoms with Crippen molar-refractivity contribution in [2.45, 2.75) is 62.9 Å². The molecule has 0 aliphatic carbocycles. The summed E-state index contributed by atoms with van der Waals surface area (Å²) in [6.07, 6.45) is 0.802. The monoisotopic (exact) mass is 463 g/mol. The molecule has 0 bridgehead atoms. The topological polar surface area (TPSA) is 99.1 Å². The third kappa shape index (κ3) is 5.14. The summed E-state index contributed by atoms with van der Waals surface area (Å²) < 4.78 is 37.7. The van der Waals surface area contributed by atoms with Crippen molar-refractivity contribution in [1.82, 2.24) is 5.32 Å². The molecule has 31 heavy (non-hydrogen) atoms. The standard InChI is InChI=1S/C22H26FN3O3S2/c1-21(2)12-16-17(13-24)20(30-19(16)22(3,4)26-21)25-18(27)6-5-11-31(28,29)15-9-7-14(23)8-10-15/h7-10,26H,5-6,11-12H2,1-4H3,(H,25,27). The van der Waals surface area contributed by atoms with Crippen LogP contribution in [-0.2, 0) is 26.6 Å². The highest BCUT2D eigenvalue weighted by molar-refractivity contribution is 7.91. The highest BCUT2D eigenvalue weighted by atomic mass is 32.2. The number of nitrogens with one attached hydrogen (secondary N) is 2. The first-order valence-corrected chi connectivity index (χ1v) is 12.5. The van der Waals surface area contributed by atoms with Crippen LogP contribution in [0.1, 0.15) is 56.5 Å². The third-order valence-corrected chi connectivity index (χ3v) is 8.49. The van der Waals surface area contributed by atoms with Crippen molar-refractivity contribution in [2.75, 3.05) is 11.1 Å². The van der Waals surface area contributed by atoms with Gasteiger partial charge in [-0.05, 0) is 70.4 Å². The maximum atomic E-state index is 13.0. The van der Waals surface area contributed by atoms with Gasteiger partial charge in [0.2, 0.25) is 5.91 Å². The van der Waals surface area contributed by atoms with E-state index in [0.29, 0.717) is 17.0 Å². The lowest BCUT2D eigenvalue weighted by Crippen LogP contribution is -2.54. The predicted molar refractivity (Wildman–Crippen MR) is 119 cm³/mol. The van der Waals surface area contributed by atoms with E-state index in [9.17, 15) is 22.9 Å². The maximum absolute atomic E-state index is 13.0. The number of carbonyl (C=O) groups is 1. The van der Waals surface area contributed by atoms with Gasteiger partial charge >= 0.3 is 0 Å². The average molecular weight is 464 g/mol. The second-order valence-electron chi connectivity index (χ2n) is 8.96. The van der Waals surface area contributed by atoms with E-state index in [2.05, 4.69) is 44.4 Å². The van der Waals surface area contributed by atoms with Crippen molar-refractivity contribution >= 4 is 32.1 Å². The number of nitrogens with zero attached hydrogens (tertiary/aromatic N) is 1. The van der Waals surface area contributed by atoms with Crippen LogP contribution in [0.3, 0.4) is 0 Å². The Morgan fingerprint density at radius 2 is 1.90 bits per heavy atom. The van der Waals surface area contributed by atoms with Crippen LogP contribution >= 0.6 is 11.3 Å². The molecule has 0 saturated carbocycles. The highest BCUT2D eigenvalue weighted by Gasteiger charge is 2.40. The van der Waals surface area contributed by atoms with Crippen LogP contribution in [0.25, 0.3) is 0 Å². The van der Waals surface area contributed by atoms with Gasteiger partial charge in [0.15, 0.2) is 9.84 Å². The SMILES string of the molecule is CC1(C)Cc2c(sc(NC(=O)CCCS(=O)(=O)c3ccc(F)cc3)c2C#N)C(C)(C)N1. The number of hydrogen-bond donors (Lipinski definition) is 2. The quantitative estimate of drug-likeness (QED) is 0.628. The first-order valence-electron chi connectivity index (χ1n) is 9.98. The molecule has 166 valence electrons. The Morgan fingerprint density at radius 1 is 1.26 bits per heavy atom. The van der Waals surface area contributed by atoms with Gasteiger partial charge < -0.3 is 10.6 Å². The minimum absolute atomic E-state index is 0.000988. The fourth-order valence-corrected chi connectivity index (χ4v) is 6.66. The van der Waals surface area contributed by atoms with Gasteiger partial charge in [0, 0.05) is 22.4 Å². The van der Waals surface area contributed by atoms with Gasteiger partial charge in [-0.2, -0.15) is 5.26 Å². The minimum Gasteiger partial charge on any atom is -0.317 e. The number of thiophene rings is 1. The predicted octanol–water partition coefficient (Wildman–Crippen LogP) is 4.11. The first kappa shape index (κ1) is 23.4. The molecule has 9 heteroatoms. The molecule has 0 radical (unpaired) electrons. The number of fused-ring (bicyclic) bond motifs is 1. The number of halogens is 1. The molecule has 1 aliphatic rings. The Bertz CT molecular complexity index is 1140. The molecule has 6 nitrogen and oxygen atoms in total. The van der Waals surface area contributed by atoms with Crippen LogP contribution in [0.4, 0.5) is 9.39 Å². The summed E-state index contributed by atoms with van der Waals surface area (Å²) in [6.45, 7) is 8.26. The van der Waals surface area contributed by atoms with Crippen LogP contribution in [0.2, 0.25) is 0 Å². The molecule has 0 saturated heterocycles. The molecule has 0 unspecified atom stereocenters. The second kappa shape index (κ2) is 8.34. The molecule has 0 atom stereocenters. The van der Waals surface area contributed by atoms with E-state index in [-0.39, 0.29) is 40.5 Å². The van der Waals surface area contributed by atoms with Crippen LogP contribution in [0.5, 0.6) is 0 Å². The normalized spacial score (nSPS) is 16.9. The van der Waals surface area contributed by atoms with Crippen LogP contribution < -0.4 is 10.6 Å². The Morgan fingerprint density at radius 3 is 2.52 bits per heavy atom. The molecule has 0 fully saturated rings. The molecule has 2 aromatic rings. The summed E-state index contributed by atoms with van der Waals surface area (Å²) in [5.41, 5.74) is 0.920. The van der Waals surface area contributed by atoms with Gasteiger partial charge in [0.1, 0.15) is 16.9 Å². The molecule has 1 aromatic heterocycles. The summed E-state index contributed by atoms with van der Waals surface area (Å²) in [4.78, 5) is 13.5. The Labute approximate surface area is 186 Å². The van der Waals surface area contributed by atoms with Gasteiger partial charge in [-0.3, -0.25) is 4.79 Å². The van der Waals surface area contributed by atoms with Crippen molar-refractivity contribution in [3.8, 4) is 6.07 Å². The number of rotatable bonds is 6. The molecule has 1 aliphatic heterocycles. The molecule has 3 rings (SSSR count). The Balaban J connectivity index is 1.68. The zero-order valence-electron chi connectivity index (χ0n) is 18.0. The van der Waals surface area contributed by atoms with E-state index in [1.54, 1.807) is 0 Å². The molecule has 2 N–H and O–H groups in total. The van der Waals surface area contributed by atoms with E-state index in [0.717, 1.165) is 22.6 Å². The minimum atomic E-state index is -3.59. The summed E-state index contributed by atoms with van der Waals surface area (Å²) in [7, 11) is -3.59. The zero-order chi connectivity index (χ0) is 23.0. The van der Waals surface area contributed by atoms with Crippen molar-refractivity contribution in [3.63, 3.8) is 0 Å². The number of hydrogen-bond acceptors (Lipinski definition) is 6. The molecular weight excluding hydrogens is 437 g/mol. The summed E-state index contributed by atoms with van der Waals surface area (Å²) in [5, 5.41) is 16.6. The first-order chi connectivity index (χ1) is 14.3. The van der Waals surface area contributed by atoms with Crippen molar-refractivity contribution in [3.05, 3.63) is 46.1 Å². The lowest BCUT2D eigenvalue weighted by molar-refractivity contribution is -0.116. The fraction of sp³-hybridized carbons (Fsp3) is 0.455. The molecular formula is C22H26FN3O3S2. The van der Waals surface area contributed by atoms with Crippen LogP contribution in [0.15, 0.2) is 29.2 Å². The number of amides is 1. The van der Waals surface area contributed by atoms with Crippen molar-refractivity contribution < 1.29 is 17.6 Å². The van der Waals surface area contributed by atoms with E-state index in [4.69, 9.17) is 0 Å². The molecule has 1 aromatic carbocycles. The Hall–Kier alpha value is -2.28. The summed E-state index contributed by atoms with van der Waals surface area (Å²) in [6, 6.07) is 6.86. The number of nitriles is 1. The second-order valence-corrected chi connectivity index (χ2v) is 12.1. The average Bonchev–Trinajstić information content (AvgIpc) is 2.97. The number of benzene rings is 1. The lowest BCUT2D eigenvalue weighted by Gasteiger charge is -2.42. The van der Waals surface area contributed by atoms with Gasteiger partial charge in [-0.1, -0.05) is 0 Å². The van der Waals surface area contributed by atoms with Crippen molar-refractivity contribution in [2.24, 2.45) is 0 Å². The van der Waals surface area contributed by atoms with Gasteiger partial charge in [0.25, 0.3) is 0 Å². The number of sulfone groups is 1. The van der Waals surface area contributed by atoms with E-state index in [1.165, 1.54) is 23.5 Å². The number of anilines is 1. The zero-order valence-corrected chi connectivity index (χ0v) is 19.6. The third-order valence-electron chi connectivity index (χ3n) is 5.20. The molecule has 1 amide bonds. The smallest absolute Gasteiger partial charge is 0.225 e. The Kier molecular flexibility index (Phi) is 6.29. The number of carbonyl (C=O) groups excluding carboxylic acids is 1. The van der Waals surface area contributed by atoms with Gasteiger partial charge in [0.05, 0.1) is 16.2 Å². The molecule has 2 heterocycles. The van der Waals surface area contributed by atoms with E-state index >= 15 is 0 Å². The molecule has 0 spiro atoms. The van der Waals surface area contributed by atoms with Crippen LogP contribution in [-0.4, -0.2) is 25.6 Å².